The first-order chi connectivity index (χ1) is 5.61. The molecule has 5 heteroatoms. The molecular formula is C8H20Cl2N2Ni. The standard InChI is InChI=1S/C8H20N2.2ClH.Ni/c1-6(2)7(3,4)8(5,9)10;;;/h6H,9-10H2,1-5H3;2*1H;/q;;;+2/p-2. The van der Waals surface area contributed by atoms with E-state index in [1.807, 2.05) is 6.92 Å². The van der Waals surface area contributed by atoms with Gasteiger partial charge in [-0.3, -0.25) is 0 Å². The molecule has 0 aliphatic carbocycles. The Morgan fingerprint density at radius 1 is 1.08 bits per heavy atom. The predicted octanol–water partition coefficient (Wildman–Crippen LogP) is 2.68. The predicted molar refractivity (Wildman–Crippen MR) is 57.1 cm³/mol. The number of nitrogens with two attached hydrogens (primary N) is 2. The van der Waals surface area contributed by atoms with Crippen LogP contribution in [0, 0.1) is 11.3 Å². The molecule has 0 rings (SSSR count). The molecule has 13 heavy (non-hydrogen) atoms. The quantitative estimate of drug-likeness (QED) is 0.600. The Kier molecular flexibility index (Phi) is 8.18. The second kappa shape index (κ2) is 6.47. The molecule has 0 aromatic carbocycles. The number of hydrogen-bond acceptors (Lipinski definition) is 2. The van der Waals surface area contributed by atoms with Gasteiger partial charge in [0.15, 0.2) is 0 Å². The van der Waals surface area contributed by atoms with E-state index in [0.29, 0.717) is 18.6 Å². The van der Waals surface area contributed by atoms with Crippen LogP contribution in [0.15, 0.2) is 0 Å². The third kappa shape index (κ3) is 6.14. The Bertz CT molecular complexity index is 133. The first-order valence-electron chi connectivity index (χ1n) is 4.01. The molecule has 0 atom stereocenters. The molecule has 0 radical (unpaired) electrons. The molecular weight excluding hydrogens is 254 g/mol. The van der Waals surface area contributed by atoms with E-state index >= 15 is 0 Å². The summed E-state index contributed by atoms with van der Waals surface area (Å²) >= 11 is 0.569. The fraction of sp³-hybridized carbons (Fsp3) is 1.00. The van der Waals surface area contributed by atoms with Crippen LogP contribution >= 0.6 is 20.4 Å². The van der Waals surface area contributed by atoms with Crippen LogP contribution in [0.25, 0.3) is 0 Å². The van der Waals surface area contributed by atoms with Crippen LogP contribution in [-0.2, 0) is 12.7 Å². The van der Waals surface area contributed by atoms with Gasteiger partial charge >= 0.3 is 33.0 Å². The van der Waals surface area contributed by atoms with E-state index in [2.05, 4.69) is 27.7 Å². The van der Waals surface area contributed by atoms with Crippen molar-refractivity contribution in [1.29, 1.82) is 0 Å². The SMILES string of the molecule is CC(C)C(C)(C)C(C)(N)N.[Cl][Ni][Cl]. The first-order valence-corrected chi connectivity index (χ1v) is 6.73. The van der Waals surface area contributed by atoms with Gasteiger partial charge in [-0.2, -0.15) is 0 Å². The van der Waals surface area contributed by atoms with Crippen LogP contribution in [0.1, 0.15) is 34.6 Å². The summed E-state index contributed by atoms with van der Waals surface area (Å²) in [6, 6.07) is 0. The van der Waals surface area contributed by atoms with Gasteiger partial charge in [-0.1, -0.05) is 27.7 Å². The molecule has 0 saturated carbocycles. The molecule has 0 unspecified atom stereocenters. The molecule has 0 aromatic heterocycles. The van der Waals surface area contributed by atoms with Crippen LogP contribution in [-0.4, -0.2) is 5.66 Å². The first kappa shape index (κ1) is 16.4. The molecule has 0 amide bonds. The summed E-state index contributed by atoms with van der Waals surface area (Å²) < 4.78 is 0. The minimum absolute atomic E-state index is 0.00694. The van der Waals surface area contributed by atoms with Gasteiger partial charge in [0.05, 0.1) is 5.66 Å². The molecule has 2 nitrogen and oxygen atoms in total. The summed E-state index contributed by atoms with van der Waals surface area (Å²) in [4.78, 5) is 0. The Labute approximate surface area is 96.1 Å². The van der Waals surface area contributed by atoms with Crippen LogP contribution < -0.4 is 11.5 Å². The summed E-state index contributed by atoms with van der Waals surface area (Å²) in [5.74, 6) is 0.507. The molecule has 0 aromatic rings. The van der Waals surface area contributed by atoms with Crippen molar-refractivity contribution in [1.82, 2.24) is 0 Å². The normalized spacial score (nSPS) is 12.8. The van der Waals surface area contributed by atoms with Crippen molar-refractivity contribution in [3.63, 3.8) is 0 Å². The van der Waals surface area contributed by atoms with Gasteiger partial charge in [-0.05, 0) is 18.3 Å². The Balaban J connectivity index is 0. The second-order valence-electron chi connectivity index (χ2n) is 4.20. The Morgan fingerprint density at radius 3 is 1.31 bits per heavy atom. The van der Waals surface area contributed by atoms with Gasteiger partial charge in [0.1, 0.15) is 0 Å². The summed E-state index contributed by atoms with van der Waals surface area (Å²) in [7, 11) is 9.40. The van der Waals surface area contributed by atoms with Crippen molar-refractivity contribution in [2.45, 2.75) is 40.3 Å². The van der Waals surface area contributed by atoms with E-state index in [1.165, 1.54) is 0 Å². The topological polar surface area (TPSA) is 52.0 Å². The van der Waals surface area contributed by atoms with Crippen molar-refractivity contribution in [3.05, 3.63) is 0 Å². The minimum atomic E-state index is -0.582. The van der Waals surface area contributed by atoms with E-state index in [0.717, 1.165) is 0 Å². The fourth-order valence-corrected chi connectivity index (χ4v) is 0.622. The molecule has 0 spiro atoms. The third-order valence-corrected chi connectivity index (χ3v) is 2.83. The van der Waals surface area contributed by atoms with Gasteiger partial charge in [0.25, 0.3) is 0 Å². The van der Waals surface area contributed by atoms with Crippen LogP contribution in [0.4, 0.5) is 0 Å². The molecule has 0 bridgehead atoms. The van der Waals surface area contributed by atoms with E-state index in [9.17, 15) is 0 Å². The second-order valence-corrected chi connectivity index (χ2v) is 5.84. The number of hydrogen-bond donors (Lipinski definition) is 2. The molecule has 4 N–H and O–H groups in total. The Hall–Kier alpha value is 0.994. The third-order valence-electron chi connectivity index (χ3n) is 2.83. The monoisotopic (exact) mass is 272 g/mol. The summed E-state index contributed by atoms with van der Waals surface area (Å²) in [5, 5.41) is 0. The molecule has 86 valence electrons. The van der Waals surface area contributed by atoms with Crippen LogP contribution in [0.5, 0.6) is 0 Å². The molecule has 0 saturated heterocycles. The zero-order chi connectivity index (χ0) is 11.3. The number of rotatable bonds is 2. The van der Waals surface area contributed by atoms with Crippen molar-refractivity contribution in [3.8, 4) is 0 Å². The fourth-order valence-electron chi connectivity index (χ4n) is 0.622. The van der Waals surface area contributed by atoms with E-state index in [4.69, 9.17) is 31.9 Å². The summed E-state index contributed by atoms with van der Waals surface area (Å²) in [5.41, 5.74) is 11.0. The van der Waals surface area contributed by atoms with Gasteiger partial charge < -0.3 is 11.5 Å². The van der Waals surface area contributed by atoms with Crippen molar-refractivity contribution < 1.29 is 12.7 Å². The van der Waals surface area contributed by atoms with Gasteiger partial charge in [-0.15, -0.1) is 0 Å². The van der Waals surface area contributed by atoms with Gasteiger partial charge in [0.2, 0.25) is 0 Å². The van der Waals surface area contributed by atoms with Crippen molar-refractivity contribution >= 4 is 20.4 Å². The number of halogens is 2. The molecule has 0 aliphatic rings. The van der Waals surface area contributed by atoms with E-state index in [-0.39, 0.29) is 5.41 Å². The zero-order valence-electron chi connectivity index (χ0n) is 8.80. The van der Waals surface area contributed by atoms with Crippen molar-refractivity contribution in [2.24, 2.45) is 22.8 Å². The van der Waals surface area contributed by atoms with E-state index in [1.54, 1.807) is 0 Å². The molecule has 0 heterocycles. The summed E-state index contributed by atoms with van der Waals surface area (Å²) in [6.07, 6.45) is 0. The Morgan fingerprint density at radius 2 is 1.31 bits per heavy atom. The summed E-state index contributed by atoms with van der Waals surface area (Å²) in [6.45, 7) is 10.3. The maximum absolute atomic E-state index is 5.79. The molecule has 0 fully saturated rings. The van der Waals surface area contributed by atoms with Gasteiger partial charge in [0, 0.05) is 0 Å². The maximum atomic E-state index is 5.79. The average Bonchev–Trinajstić information content (AvgIpc) is 1.86. The van der Waals surface area contributed by atoms with Gasteiger partial charge in [-0.25, -0.2) is 0 Å². The zero-order valence-corrected chi connectivity index (χ0v) is 11.3. The average molecular weight is 274 g/mol. The van der Waals surface area contributed by atoms with Crippen molar-refractivity contribution in [2.75, 3.05) is 0 Å². The van der Waals surface area contributed by atoms with Crippen LogP contribution in [0.2, 0.25) is 0 Å². The van der Waals surface area contributed by atoms with Crippen LogP contribution in [0.3, 0.4) is 0 Å². The molecule has 0 aliphatic heterocycles. The van der Waals surface area contributed by atoms with E-state index < -0.39 is 5.66 Å².